The lowest BCUT2D eigenvalue weighted by Crippen LogP contribution is -2.31. The Balaban J connectivity index is 1.41. The summed E-state index contributed by atoms with van der Waals surface area (Å²) in [7, 11) is 0. The van der Waals surface area contributed by atoms with Crippen molar-refractivity contribution in [3.05, 3.63) is 83.8 Å². The van der Waals surface area contributed by atoms with E-state index < -0.39 is 6.04 Å². The molecule has 10 nitrogen and oxygen atoms in total. The molecular formula is C29H29N7O3. The maximum atomic E-state index is 13.7. The Morgan fingerprint density at radius 2 is 1.90 bits per heavy atom. The van der Waals surface area contributed by atoms with E-state index in [-0.39, 0.29) is 12.7 Å². The first-order chi connectivity index (χ1) is 19.1. The van der Waals surface area contributed by atoms with E-state index in [2.05, 4.69) is 46.5 Å². The SMILES string of the molecule is CCN(CC)c1ccc(-c2nc3n(n2)C(c2ccc4c(c2)OCO4)C(C(=O)Nc2cccnc2)=C(C)N3)cc1. The zero-order valence-electron chi connectivity index (χ0n) is 22.0. The third kappa shape index (κ3) is 4.54. The summed E-state index contributed by atoms with van der Waals surface area (Å²) in [4.78, 5) is 24.9. The average molecular weight is 524 g/mol. The highest BCUT2D eigenvalue weighted by molar-refractivity contribution is 6.06. The first-order valence-corrected chi connectivity index (χ1v) is 13.0. The Bertz CT molecular complexity index is 1540. The Morgan fingerprint density at radius 3 is 2.64 bits per heavy atom. The number of hydrogen-bond donors (Lipinski definition) is 2. The van der Waals surface area contributed by atoms with Gasteiger partial charge in [0.2, 0.25) is 12.7 Å². The molecular weight excluding hydrogens is 494 g/mol. The minimum absolute atomic E-state index is 0.163. The molecule has 1 atom stereocenters. The van der Waals surface area contributed by atoms with Gasteiger partial charge in [0.05, 0.1) is 17.5 Å². The molecule has 0 aliphatic carbocycles. The predicted molar refractivity (Wildman–Crippen MR) is 149 cm³/mol. The molecule has 1 unspecified atom stereocenters. The number of anilines is 3. The first-order valence-electron chi connectivity index (χ1n) is 13.0. The van der Waals surface area contributed by atoms with Gasteiger partial charge in [0.1, 0.15) is 6.04 Å². The van der Waals surface area contributed by atoms with Crippen molar-refractivity contribution in [3.8, 4) is 22.9 Å². The molecule has 4 heterocycles. The van der Waals surface area contributed by atoms with Crippen LogP contribution >= 0.6 is 0 Å². The molecule has 39 heavy (non-hydrogen) atoms. The van der Waals surface area contributed by atoms with Crippen LogP contribution in [0.3, 0.4) is 0 Å². The second kappa shape index (κ2) is 10.1. The summed E-state index contributed by atoms with van der Waals surface area (Å²) in [6, 6.07) is 16.9. The topological polar surface area (TPSA) is 106 Å². The van der Waals surface area contributed by atoms with Crippen LogP contribution in [0.2, 0.25) is 0 Å². The normalized spacial score (nSPS) is 15.5. The molecule has 1 amide bonds. The largest absolute Gasteiger partial charge is 0.454 e. The minimum Gasteiger partial charge on any atom is -0.454 e. The van der Waals surface area contributed by atoms with Crippen molar-refractivity contribution in [2.45, 2.75) is 26.8 Å². The Labute approximate surface area is 226 Å². The fourth-order valence-electron chi connectivity index (χ4n) is 5.00. The van der Waals surface area contributed by atoms with Gasteiger partial charge in [0, 0.05) is 36.2 Å². The van der Waals surface area contributed by atoms with Crippen molar-refractivity contribution in [1.82, 2.24) is 19.7 Å². The van der Waals surface area contributed by atoms with E-state index in [4.69, 9.17) is 19.6 Å². The number of benzene rings is 2. The number of fused-ring (bicyclic) bond motifs is 2. The number of pyridine rings is 1. The standard InChI is InChI=1S/C29H29N7O3/c1-4-35(5-2)22-11-8-19(9-12-22)27-33-29-31-18(3)25(28(37)32-21-7-6-14-30-16-21)26(36(29)34-27)20-10-13-23-24(15-20)39-17-38-23/h6-16,26H,4-5,17H2,1-3H3,(H,32,37)(H,31,33,34). The van der Waals surface area contributed by atoms with Gasteiger partial charge in [-0.1, -0.05) is 6.07 Å². The van der Waals surface area contributed by atoms with Gasteiger partial charge in [-0.05, 0) is 74.9 Å². The molecule has 0 saturated heterocycles. The van der Waals surface area contributed by atoms with E-state index in [1.807, 2.05) is 37.3 Å². The molecule has 0 bridgehead atoms. The Kier molecular flexibility index (Phi) is 6.36. The molecule has 2 aliphatic heterocycles. The van der Waals surface area contributed by atoms with E-state index in [0.29, 0.717) is 40.2 Å². The van der Waals surface area contributed by atoms with Crippen molar-refractivity contribution in [3.63, 3.8) is 0 Å². The smallest absolute Gasteiger partial charge is 0.255 e. The quantitative estimate of drug-likeness (QED) is 0.354. The fraction of sp³-hybridized carbons (Fsp3) is 0.241. The maximum absolute atomic E-state index is 13.7. The second-order valence-electron chi connectivity index (χ2n) is 9.30. The highest BCUT2D eigenvalue weighted by atomic mass is 16.7. The number of rotatable bonds is 7. The number of nitrogens with one attached hydrogen (secondary N) is 2. The van der Waals surface area contributed by atoms with Crippen LogP contribution in [0.1, 0.15) is 32.4 Å². The van der Waals surface area contributed by atoms with Crippen LogP contribution in [-0.2, 0) is 4.79 Å². The zero-order chi connectivity index (χ0) is 26.9. The minimum atomic E-state index is -0.552. The van der Waals surface area contributed by atoms with E-state index in [0.717, 1.165) is 29.9 Å². The van der Waals surface area contributed by atoms with Crippen LogP contribution in [0.25, 0.3) is 11.4 Å². The van der Waals surface area contributed by atoms with Gasteiger partial charge in [-0.2, -0.15) is 4.98 Å². The van der Waals surface area contributed by atoms with Crippen molar-refractivity contribution < 1.29 is 14.3 Å². The molecule has 2 aliphatic rings. The predicted octanol–water partition coefficient (Wildman–Crippen LogP) is 4.84. The summed E-state index contributed by atoms with van der Waals surface area (Å²) in [6.45, 7) is 8.18. The summed E-state index contributed by atoms with van der Waals surface area (Å²) < 4.78 is 12.9. The van der Waals surface area contributed by atoms with Crippen LogP contribution in [0.4, 0.5) is 17.3 Å². The number of ether oxygens (including phenoxy) is 2. The number of amides is 1. The molecule has 2 aromatic carbocycles. The summed E-state index contributed by atoms with van der Waals surface area (Å²) in [6.07, 6.45) is 3.27. The van der Waals surface area contributed by atoms with E-state index in [9.17, 15) is 4.79 Å². The molecule has 0 fully saturated rings. The molecule has 6 rings (SSSR count). The van der Waals surface area contributed by atoms with Crippen LogP contribution in [0, 0.1) is 0 Å². The average Bonchev–Trinajstić information content (AvgIpc) is 3.60. The second-order valence-corrected chi connectivity index (χ2v) is 9.30. The molecule has 0 saturated carbocycles. The number of aromatic nitrogens is 4. The molecule has 198 valence electrons. The van der Waals surface area contributed by atoms with Gasteiger partial charge in [-0.3, -0.25) is 9.78 Å². The van der Waals surface area contributed by atoms with Crippen LogP contribution in [0.5, 0.6) is 11.5 Å². The third-order valence-electron chi connectivity index (χ3n) is 6.98. The van der Waals surface area contributed by atoms with Crippen LogP contribution < -0.4 is 25.0 Å². The first kappa shape index (κ1) is 24.5. The molecule has 2 aromatic heterocycles. The lowest BCUT2D eigenvalue weighted by molar-refractivity contribution is -0.113. The summed E-state index contributed by atoms with van der Waals surface area (Å²) in [5.41, 5.74) is 4.66. The van der Waals surface area contributed by atoms with Gasteiger partial charge in [-0.15, -0.1) is 5.10 Å². The van der Waals surface area contributed by atoms with Gasteiger partial charge in [-0.25, -0.2) is 4.68 Å². The summed E-state index contributed by atoms with van der Waals surface area (Å²) in [5, 5.41) is 11.2. The number of nitrogens with zero attached hydrogens (tertiary/aromatic N) is 5. The van der Waals surface area contributed by atoms with Crippen molar-refractivity contribution >= 4 is 23.2 Å². The van der Waals surface area contributed by atoms with Gasteiger partial charge in [0.15, 0.2) is 17.3 Å². The van der Waals surface area contributed by atoms with E-state index in [1.165, 1.54) is 0 Å². The number of hydrogen-bond acceptors (Lipinski definition) is 8. The van der Waals surface area contributed by atoms with Crippen molar-refractivity contribution in [2.24, 2.45) is 0 Å². The van der Waals surface area contributed by atoms with Gasteiger partial charge >= 0.3 is 0 Å². The zero-order valence-corrected chi connectivity index (χ0v) is 22.0. The number of allylic oxidation sites excluding steroid dienone is 1. The molecule has 4 aromatic rings. The highest BCUT2D eigenvalue weighted by Crippen LogP contribution is 2.41. The summed E-state index contributed by atoms with van der Waals surface area (Å²) in [5.74, 6) is 2.15. The lowest BCUT2D eigenvalue weighted by Gasteiger charge is -2.28. The van der Waals surface area contributed by atoms with Gasteiger partial charge in [0.25, 0.3) is 5.91 Å². The monoisotopic (exact) mass is 523 g/mol. The molecule has 0 radical (unpaired) electrons. The van der Waals surface area contributed by atoms with E-state index in [1.54, 1.807) is 29.2 Å². The highest BCUT2D eigenvalue weighted by Gasteiger charge is 2.35. The molecule has 0 spiro atoms. The molecule has 10 heteroatoms. The third-order valence-corrected chi connectivity index (χ3v) is 6.98. The Morgan fingerprint density at radius 1 is 1.10 bits per heavy atom. The van der Waals surface area contributed by atoms with E-state index >= 15 is 0 Å². The fourth-order valence-corrected chi connectivity index (χ4v) is 5.00. The lowest BCUT2D eigenvalue weighted by atomic mass is 9.94. The van der Waals surface area contributed by atoms with Crippen LogP contribution in [-0.4, -0.2) is 45.5 Å². The van der Waals surface area contributed by atoms with Crippen molar-refractivity contribution in [1.29, 1.82) is 0 Å². The van der Waals surface area contributed by atoms with Crippen LogP contribution in [0.15, 0.2) is 78.3 Å². The van der Waals surface area contributed by atoms with Gasteiger partial charge < -0.3 is 25.0 Å². The summed E-state index contributed by atoms with van der Waals surface area (Å²) >= 11 is 0. The maximum Gasteiger partial charge on any atom is 0.255 e. The Hall–Kier alpha value is -4.86. The number of carbonyl (C=O) groups excluding carboxylic acids is 1. The number of carbonyl (C=O) groups is 1. The van der Waals surface area contributed by atoms with Crippen molar-refractivity contribution in [2.75, 3.05) is 35.4 Å². The molecule has 2 N–H and O–H groups in total.